The molecule has 0 amide bonds. The molecule has 6 heteroatoms. The normalized spacial score (nSPS) is 13.8. The number of carbonyl (C=O) groups excluding carboxylic acids is 1. The molecule has 1 unspecified atom stereocenters. The highest BCUT2D eigenvalue weighted by atomic mass is 31.2. The number of unbranched alkanes of at least 4 members (excludes halogenated alkanes) is 1. The summed E-state index contributed by atoms with van der Waals surface area (Å²) in [6, 6.07) is 9.20. The summed E-state index contributed by atoms with van der Waals surface area (Å²) in [6.07, 6.45) is 1.61. The molecule has 1 aromatic rings. The molecule has 106 valence electrons. The van der Waals surface area contributed by atoms with E-state index in [-0.39, 0.29) is 13.2 Å². The van der Waals surface area contributed by atoms with Crippen LogP contribution in [-0.2, 0) is 29.5 Å². The van der Waals surface area contributed by atoms with Crippen LogP contribution in [0.3, 0.4) is 0 Å². The lowest BCUT2D eigenvalue weighted by Crippen LogP contribution is -2.05. The lowest BCUT2D eigenvalue weighted by atomic mass is 10.2. The number of rotatable bonds is 8. The summed E-state index contributed by atoms with van der Waals surface area (Å²) in [6.45, 7) is 3.44. The third-order valence-corrected chi connectivity index (χ3v) is 3.64. The molecule has 0 radical (unpaired) electrons. The first-order valence-corrected chi connectivity index (χ1v) is 7.65. The van der Waals surface area contributed by atoms with E-state index in [1.54, 1.807) is 0 Å². The Labute approximate surface area is 113 Å². The Kier molecular flexibility index (Phi) is 6.78. The van der Waals surface area contributed by atoms with Gasteiger partial charge in [0.15, 0.2) is 0 Å². The van der Waals surface area contributed by atoms with Gasteiger partial charge in [-0.05, 0) is 12.0 Å². The van der Waals surface area contributed by atoms with Crippen LogP contribution in [0.2, 0.25) is 0 Å². The van der Waals surface area contributed by atoms with Crippen molar-refractivity contribution in [3.8, 4) is 0 Å². The van der Waals surface area contributed by atoms with Crippen LogP contribution >= 0.6 is 7.82 Å². The van der Waals surface area contributed by atoms with E-state index in [0.29, 0.717) is 0 Å². The summed E-state index contributed by atoms with van der Waals surface area (Å²) >= 11 is 0. The van der Waals surface area contributed by atoms with Gasteiger partial charge in [0, 0.05) is 6.92 Å². The molecule has 0 fully saturated rings. The molecule has 0 spiro atoms. The van der Waals surface area contributed by atoms with Crippen LogP contribution in [0.1, 0.15) is 32.3 Å². The van der Waals surface area contributed by atoms with Crippen molar-refractivity contribution in [1.29, 1.82) is 0 Å². The lowest BCUT2D eigenvalue weighted by Gasteiger charge is -2.16. The van der Waals surface area contributed by atoms with Gasteiger partial charge >= 0.3 is 13.8 Å². The van der Waals surface area contributed by atoms with Crippen molar-refractivity contribution in [2.75, 3.05) is 6.61 Å². The van der Waals surface area contributed by atoms with Crippen LogP contribution in [-0.4, -0.2) is 12.6 Å². The van der Waals surface area contributed by atoms with Crippen molar-refractivity contribution in [2.45, 2.75) is 33.3 Å². The number of phosphoric acid groups is 1. The predicted molar refractivity (Wildman–Crippen MR) is 71.5 cm³/mol. The molecule has 0 aromatic heterocycles. The molecule has 0 aliphatic rings. The molecule has 1 atom stereocenters. The molecule has 1 aromatic carbocycles. The Hall–Kier alpha value is -1.16. The van der Waals surface area contributed by atoms with Crippen molar-refractivity contribution >= 4 is 13.8 Å². The topological polar surface area (TPSA) is 61.8 Å². The summed E-state index contributed by atoms with van der Waals surface area (Å²) in [5.74, 6) is -0.687. The fourth-order valence-corrected chi connectivity index (χ4v) is 2.45. The van der Waals surface area contributed by atoms with Gasteiger partial charge in [-0.3, -0.25) is 13.8 Å². The fourth-order valence-electron chi connectivity index (χ4n) is 1.30. The van der Waals surface area contributed by atoms with Gasteiger partial charge in [0.25, 0.3) is 0 Å². The summed E-state index contributed by atoms with van der Waals surface area (Å²) in [4.78, 5) is 10.9. The Morgan fingerprint density at radius 3 is 2.47 bits per heavy atom. The average Bonchev–Trinajstić information content (AvgIpc) is 2.37. The number of carbonyl (C=O) groups is 1. The minimum absolute atomic E-state index is 0.0670. The molecule has 0 N–H and O–H groups in total. The molecule has 1 rings (SSSR count). The maximum Gasteiger partial charge on any atom is 0.532 e. The van der Waals surface area contributed by atoms with E-state index in [0.717, 1.165) is 18.4 Å². The Morgan fingerprint density at radius 2 is 1.89 bits per heavy atom. The minimum atomic E-state index is -3.82. The van der Waals surface area contributed by atoms with Crippen molar-refractivity contribution in [3.63, 3.8) is 0 Å². The molecule has 0 saturated heterocycles. The molecule has 0 bridgehead atoms. The highest BCUT2D eigenvalue weighted by Gasteiger charge is 2.29. The van der Waals surface area contributed by atoms with Crippen molar-refractivity contribution in [1.82, 2.24) is 0 Å². The minimum Gasteiger partial charge on any atom is -0.371 e. The highest BCUT2D eigenvalue weighted by Crippen LogP contribution is 2.50. The number of phosphoric ester groups is 1. The van der Waals surface area contributed by atoms with E-state index >= 15 is 0 Å². The maximum atomic E-state index is 12.2. The van der Waals surface area contributed by atoms with E-state index in [2.05, 4.69) is 4.52 Å². The van der Waals surface area contributed by atoms with Gasteiger partial charge in [-0.2, -0.15) is 0 Å². The van der Waals surface area contributed by atoms with E-state index in [9.17, 15) is 9.36 Å². The smallest absolute Gasteiger partial charge is 0.371 e. The molecule has 0 aliphatic heterocycles. The monoisotopic (exact) mass is 286 g/mol. The lowest BCUT2D eigenvalue weighted by molar-refractivity contribution is -0.133. The fraction of sp³-hybridized carbons (Fsp3) is 0.462. The zero-order valence-electron chi connectivity index (χ0n) is 11.2. The summed E-state index contributed by atoms with van der Waals surface area (Å²) < 4.78 is 27.1. The predicted octanol–water partition coefficient (Wildman–Crippen LogP) is 3.69. The van der Waals surface area contributed by atoms with Gasteiger partial charge in [0.2, 0.25) is 0 Å². The summed E-state index contributed by atoms with van der Waals surface area (Å²) in [7, 11) is -3.82. The molecular weight excluding hydrogens is 267 g/mol. The zero-order chi connectivity index (χ0) is 14.1. The first kappa shape index (κ1) is 15.9. The van der Waals surface area contributed by atoms with Crippen LogP contribution in [0.15, 0.2) is 30.3 Å². The van der Waals surface area contributed by atoms with Gasteiger partial charge in [-0.1, -0.05) is 43.7 Å². The summed E-state index contributed by atoms with van der Waals surface area (Å²) in [5, 5.41) is 0. The third kappa shape index (κ3) is 6.53. The average molecular weight is 286 g/mol. The third-order valence-electron chi connectivity index (χ3n) is 2.22. The van der Waals surface area contributed by atoms with Crippen LogP contribution < -0.4 is 0 Å². The van der Waals surface area contributed by atoms with Crippen molar-refractivity contribution in [2.24, 2.45) is 0 Å². The van der Waals surface area contributed by atoms with E-state index < -0.39 is 13.8 Å². The van der Waals surface area contributed by atoms with Crippen LogP contribution in [0.25, 0.3) is 0 Å². The van der Waals surface area contributed by atoms with Gasteiger partial charge in [-0.15, -0.1) is 0 Å². The standard InChI is InChI=1S/C13H19O5P/c1-3-4-10-16-19(15,18-12(2)14)17-11-13-8-6-5-7-9-13/h5-9H,3-4,10-11H2,1-2H3. The quantitative estimate of drug-likeness (QED) is 0.538. The van der Waals surface area contributed by atoms with E-state index in [1.165, 1.54) is 6.92 Å². The number of hydrogen-bond donors (Lipinski definition) is 0. The molecule has 5 nitrogen and oxygen atoms in total. The molecule has 19 heavy (non-hydrogen) atoms. The second kappa shape index (κ2) is 8.10. The van der Waals surface area contributed by atoms with Crippen LogP contribution in [0.4, 0.5) is 0 Å². The Bertz CT molecular complexity index is 432. The van der Waals surface area contributed by atoms with E-state index in [4.69, 9.17) is 9.05 Å². The number of benzene rings is 1. The second-order valence-electron chi connectivity index (χ2n) is 3.98. The molecule has 0 saturated carbocycles. The first-order chi connectivity index (χ1) is 9.06. The highest BCUT2D eigenvalue weighted by molar-refractivity contribution is 7.49. The van der Waals surface area contributed by atoms with E-state index in [1.807, 2.05) is 37.3 Å². The Morgan fingerprint density at radius 1 is 1.21 bits per heavy atom. The molecular formula is C13H19O5P. The molecule has 0 aliphatic carbocycles. The van der Waals surface area contributed by atoms with Gasteiger partial charge < -0.3 is 4.52 Å². The second-order valence-corrected chi connectivity index (χ2v) is 5.57. The van der Waals surface area contributed by atoms with Crippen LogP contribution in [0.5, 0.6) is 0 Å². The molecule has 0 heterocycles. The maximum absolute atomic E-state index is 12.2. The summed E-state index contributed by atoms with van der Waals surface area (Å²) in [5.41, 5.74) is 0.828. The van der Waals surface area contributed by atoms with Gasteiger partial charge in [-0.25, -0.2) is 4.57 Å². The number of hydrogen-bond acceptors (Lipinski definition) is 5. The van der Waals surface area contributed by atoms with Crippen molar-refractivity contribution in [3.05, 3.63) is 35.9 Å². The zero-order valence-corrected chi connectivity index (χ0v) is 12.1. The van der Waals surface area contributed by atoms with Crippen LogP contribution in [0, 0.1) is 0 Å². The first-order valence-electron chi connectivity index (χ1n) is 6.19. The largest absolute Gasteiger partial charge is 0.532 e. The van der Waals surface area contributed by atoms with Gasteiger partial charge in [0.05, 0.1) is 13.2 Å². The van der Waals surface area contributed by atoms with Crippen molar-refractivity contribution < 1.29 is 22.9 Å². The van der Waals surface area contributed by atoms with Gasteiger partial charge in [0.1, 0.15) is 0 Å². The Balaban J connectivity index is 2.58. The SMILES string of the molecule is CCCCOP(=O)(OCc1ccccc1)OC(C)=O.